The first-order valence-electron chi connectivity index (χ1n) is 10.7. The van der Waals surface area contributed by atoms with Crippen LogP contribution in [0.2, 0.25) is 0 Å². The highest BCUT2D eigenvalue weighted by Gasteiger charge is 2.33. The number of amides is 1. The lowest BCUT2D eigenvalue weighted by Gasteiger charge is -2.22. The van der Waals surface area contributed by atoms with Gasteiger partial charge in [0, 0.05) is 5.69 Å². The molecule has 1 aromatic carbocycles. The monoisotopic (exact) mass is 443 g/mol. The van der Waals surface area contributed by atoms with Crippen molar-refractivity contribution in [1.82, 2.24) is 25.1 Å². The molecule has 0 aliphatic carbocycles. The SMILES string of the molecule is CC[C@H](C)[C@@H](NC(=O)c1c(C)nn([C@@H]2CCS(=O)(=O)C2)c1C)c1nc2ccccc2[nH]1. The van der Waals surface area contributed by atoms with E-state index in [2.05, 4.69) is 29.2 Å². The number of carbonyl (C=O) groups is 1. The number of H-pyrrole nitrogens is 1. The fourth-order valence-electron chi connectivity index (χ4n) is 4.36. The van der Waals surface area contributed by atoms with Gasteiger partial charge < -0.3 is 10.3 Å². The second-order valence-corrected chi connectivity index (χ2v) is 10.8. The molecule has 166 valence electrons. The molecule has 0 saturated carbocycles. The van der Waals surface area contributed by atoms with Crippen molar-refractivity contribution in [2.45, 2.75) is 52.6 Å². The molecule has 1 aliphatic rings. The Kier molecular flexibility index (Phi) is 5.63. The number of nitrogens with zero attached hydrogens (tertiary/aromatic N) is 3. The van der Waals surface area contributed by atoms with E-state index in [-0.39, 0.29) is 35.4 Å². The Morgan fingerprint density at radius 1 is 1.32 bits per heavy atom. The minimum absolute atomic E-state index is 0.0739. The van der Waals surface area contributed by atoms with Gasteiger partial charge in [-0.25, -0.2) is 13.4 Å². The number of nitrogens with one attached hydrogen (secondary N) is 2. The summed E-state index contributed by atoms with van der Waals surface area (Å²) in [6, 6.07) is 7.30. The summed E-state index contributed by atoms with van der Waals surface area (Å²) in [7, 11) is -3.04. The van der Waals surface area contributed by atoms with Crippen LogP contribution in [0.25, 0.3) is 11.0 Å². The van der Waals surface area contributed by atoms with Gasteiger partial charge in [0.25, 0.3) is 5.91 Å². The van der Waals surface area contributed by atoms with Gasteiger partial charge in [-0.3, -0.25) is 9.48 Å². The summed E-state index contributed by atoms with van der Waals surface area (Å²) in [5.74, 6) is 0.922. The molecule has 3 atom stereocenters. The number of carbonyl (C=O) groups excluding carboxylic acids is 1. The second-order valence-electron chi connectivity index (χ2n) is 8.52. The lowest BCUT2D eigenvalue weighted by atomic mass is 9.98. The van der Waals surface area contributed by atoms with Crippen molar-refractivity contribution in [3.8, 4) is 0 Å². The smallest absolute Gasteiger partial charge is 0.255 e. The van der Waals surface area contributed by atoms with E-state index in [1.807, 2.05) is 31.2 Å². The molecule has 0 spiro atoms. The first-order valence-corrected chi connectivity index (χ1v) is 12.5. The zero-order valence-corrected chi connectivity index (χ0v) is 19.2. The van der Waals surface area contributed by atoms with E-state index in [0.717, 1.165) is 23.3 Å². The number of hydrogen-bond acceptors (Lipinski definition) is 5. The van der Waals surface area contributed by atoms with Gasteiger partial charge in [-0.05, 0) is 38.3 Å². The molecular formula is C22H29N5O3S. The van der Waals surface area contributed by atoms with E-state index in [4.69, 9.17) is 4.98 Å². The van der Waals surface area contributed by atoms with Crippen molar-refractivity contribution in [3.63, 3.8) is 0 Å². The van der Waals surface area contributed by atoms with Gasteiger partial charge >= 0.3 is 0 Å². The molecule has 2 N–H and O–H groups in total. The van der Waals surface area contributed by atoms with Gasteiger partial charge in [-0.15, -0.1) is 0 Å². The summed E-state index contributed by atoms with van der Waals surface area (Å²) in [5.41, 5.74) is 3.61. The number of benzene rings is 1. The van der Waals surface area contributed by atoms with Crippen LogP contribution in [0.15, 0.2) is 24.3 Å². The van der Waals surface area contributed by atoms with Gasteiger partial charge in [-0.2, -0.15) is 5.10 Å². The molecule has 1 saturated heterocycles. The summed E-state index contributed by atoms with van der Waals surface area (Å²) >= 11 is 0. The molecule has 4 rings (SSSR count). The summed E-state index contributed by atoms with van der Waals surface area (Å²) < 4.78 is 25.5. The second kappa shape index (κ2) is 8.11. The highest BCUT2D eigenvalue weighted by molar-refractivity contribution is 7.91. The van der Waals surface area contributed by atoms with Crippen LogP contribution >= 0.6 is 0 Å². The van der Waals surface area contributed by atoms with Crippen LogP contribution < -0.4 is 5.32 Å². The molecule has 3 aromatic rings. The van der Waals surface area contributed by atoms with E-state index in [9.17, 15) is 13.2 Å². The number of imidazole rings is 1. The highest BCUT2D eigenvalue weighted by Crippen LogP contribution is 2.29. The Morgan fingerprint density at radius 2 is 2.06 bits per heavy atom. The third-order valence-corrected chi connectivity index (χ3v) is 8.06. The number of aromatic amines is 1. The van der Waals surface area contributed by atoms with Crippen molar-refractivity contribution >= 4 is 26.8 Å². The molecule has 1 aliphatic heterocycles. The number of hydrogen-bond donors (Lipinski definition) is 2. The molecule has 8 nitrogen and oxygen atoms in total. The minimum Gasteiger partial charge on any atom is -0.342 e. The molecular weight excluding hydrogens is 414 g/mol. The van der Waals surface area contributed by atoms with Crippen molar-refractivity contribution in [3.05, 3.63) is 47.0 Å². The van der Waals surface area contributed by atoms with E-state index in [1.165, 1.54) is 0 Å². The van der Waals surface area contributed by atoms with Crippen LogP contribution in [0.4, 0.5) is 0 Å². The normalized spacial score (nSPS) is 20.1. The summed E-state index contributed by atoms with van der Waals surface area (Å²) in [6.45, 7) is 7.80. The summed E-state index contributed by atoms with van der Waals surface area (Å²) in [4.78, 5) is 21.4. The number of aromatic nitrogens is 4. The quantitative estimate of drug-likeness (QED) is 0.608. The molecule has 0 radical (unpaired) electrons. The molecule has 31 heavy (non-hydrogen) atoms. The van der Waals surface area contributed by atoms with Gasteiger partial charge in [0.2, 0.25) is 0 Å². The molecule has 1 amide bonds. The van der Waals surface area contributed by atoms with Crippen molar-refractivity contribution < 1.29 is 13.2 Å². The van der Waals surface area contributed by atoms with Gasteiger partial charge in [0.15, 0.2) is 9.84 Å². The maximum atomic E-state index is 13.3. The average Bonchev–Trinajstić information content (AvgIpc) is 3.39. The summed E-state index contributed by atoms with van der Waals surface area (Å²) in [5, 5.41) is 7.69. The Morgan fingerprint density at radius 3 is 2.71 bits per heavy atom. The Balaban J connectivity index is 1.63. The topological polar surface area (TPSA) is 110 Å². The van der Waals surface area contributed by atoms with Crippen molar-refractivity contribution in [1.29, 1.82) is 0 Å². The van der Waals surface area contributed by atoms with Crippen LogP contribution in [-0.2, 0) is 9.84 Å². The van der Waals surface area contributed by atoms with Crippen LogP contribution in [0.3, 0.4) is 0 Å². The fourth-order valence-corrected chi connectivity index (χ4v) is 6.06. The zero-order chi connectivity index (χ0) is 22.3. The van der Waals surface area contributed by atoms with Crippen LogP contribution in [0.1, 0.15) is 66.3 Å². The maximum absolute atomic E-state index is 13.3. The number of rotatable bonds is 6. The van der Waals surface area contributed by atoms with Crippen LogP contribution in [-0.4, -0.2) is 45.6 Å². The van der Waals surface area contributed by atoms with Crippen molar-refractivity contribution in [2.24, 2.45) is 5.92 Å². The van der Waals surface area contributed by atoms with E-state index in [0.29, 0.717) is 23.4 Å². The lowest BCUT2D eigenvalue weighted by Crippen LogP contribution is -2.34. The van der Waals surface area contributed by atoms with E-state index >= 15 is 0 Å². The Hall–Kier alpha value is -2.68. The molecule has 1 fully saturated rings. The summed E-state index contributed by atoms with van der Waals surface area (Å²) in [6.07, 6.45) is 1.40. The number of para-hydroxylation sites is 2. The largest absolute Gasteiger partial charge is 0.342 e. The maximum Gasteiger partial charge on any atom is 0.255 e. The Labute approximate surface area is 182 Å². The predicted octanol–water partition coefficient (Wildman–Crippen LogP) is 3.25. The highest BCUT2D eigenvalue weighted by atomic mass is 32.2. The lowest BCUT2D eigenvalue weighted by molar-refractivity contribution is 0.0919. The Bertz CT molecular complexity index is 1190. The standard InChI is InChI=1S/C22H29N5O3S/c1-5-13(2)20(21-23-17-8-6-7-9-18(17)24-21)25-22(28)19-14(3)26-27(15(19)4)16-10-11-31(29,30)12-16/h6-9,13,16,20H,5,10-12H2,1-4H3,(H,23,24)(H,25,28)/t13-,16+,20+/m0/s1. The van der Waals surface area contributed by atoms with Crippen LogP contribution in [0, 0.1) is 19.8 Å². The minimum atomic E-state index is -3.04. The number of fused-ring (bicyclic) bond motifs is 1. The molecule has 3 heterocycles. The van der Waals surface area contributed by atoms with Gasteiger partial charge in [0.05, 0.1) is 45.9 Å². The number of sulfone groups is 1. The fraction of sp³-hybridized carbons (Fsp3) is 0.500. The molecule has 0 unspecified atom stereocenters. The average molecular weight is 444 g/mol. The van der Waals surface area contributed by atoms with E-state index < -0.39 is 9.84 Å². The molecule has 0 bridgehead atoms. The number of aryl methyl sites for hydroxylation is 1. The third-order valence-electron chi connectivity index (χ3n) is 6.31. The van der Waals surface area contributed by atoms with Gasteiger partial charge in [0.1, 0.15) is 5.82 Å². The predicted molar refractivity (Wildman–Crippen MR) is 120 cm³/mol. The molecule has 2 aromatic heterocycles. The molecule has 9 heteroatoms. The van der Waals surface area contributed by atoms with Crippen molar-refractivity contribution in [2.75, 3.05) is 11.5 Å². The van der Waals surface area contributed by atoms with Gasteiger partial charge in [-0.1, -0.05) is 32.4 Å². The first-order chi connectivity index (χ1) is 14.7. The first kappa shape index (κ1) is 21.5. The third kappa shape index (κ3) is 4.11. The van der Waals surface area contributed by atoms with Crippen LogP contribution in [0.5, 0.6) is 0 Å². The zero-order valence-electron chi connectivity index (χ0n) is 18.3. The van der Waals surface area contributed by atoms with E-state index in [1.54, 1.807) is 11.6 Å².